The average Bonchev–Trinajstić information content (AvgIpc) is 2.29. The highest BCUT2D eigenvalue weighted by atomic mass is 16.5. The van der Waals surface area contributed by atoms with Crippen LogP contribution in [0.1, 0.15) is 6.92 Å². The van der Waals surface area contributed by atoms with Crippen LogP contribution in [0.15, 0.2) is 0 Å². The topological polar surface area (TPSA) is 49.0 Å². The Hall–Kier alpha value is -0.200. The molecule has 1 rings (SSSR count). The lowest BCUT2D eigenvalue weighted by molar-refractivity contribution is -0.0993. The van der Waals surface area contributed by atoms with E-state index in [1.54, 1.807) is 7.11 Å². The summed E-state index contributed by atoms with van der Waals surface area (Å²) in [6, 6.07) is 0. The van der Waals surface area contributed by atoms with Crippen LogP contribution in [-0.2, 0) is 18.9 Å². The van der Waals surface area contributed by atoms with Crippen LogP contribution in [0.3, 0.4) is 0 Å². The molecule has 1 aliphatic heterocycles. The maximum absolute atomic E-state index is 5.42. The van der Waals surface area contributed by atoms with Gasteiger partial charge in [0, 0.05) is 25.6 Å². The van der Waals surface area contributed by atoms with Gasteiger partial charge in [-0.05, 0) is 0 Å². The number of ether oxygens (including phenoxy) is 4. The lowest BCUT2D eigenvalue weighted by atomic mass is 9.89. The highest BCUT2D eigenvalue weighted by Gasteiger charge is 2.32. The fraction of sp³-hybridized carbons (Fsp3) is 1.00. The van der Waals surface area contributed by atoms with Gasteiger partial charge in [0.1, 0.15) is 0 Å². The highest BCUT2D eigenvalue weighted by molar-refractivity contribution is 4.82. The molecule has 0 aromatic rings. The Kier molecular flexibility index (Phi) is 7.72. The Morgan fingerprint density at radius 2 is 1.71 bits per heavy atom. The van der Waals surface area contributed by atoms with Gasteiger partial charge in [-0.3, -0.25) is 0 Å². The third kappa shape index (κ3) is 6.95. The van der Waals surface area contributed by atoms with Crippen molar-refractivity contribution in [2.75, 3.05) is 66.4 Å². The second kappa shape index (κ2) is 8.83. The van der Waals surface area contributed by atoms with Crippen LogP contribution in [-0.4, -0.2) is 66.4 Å². The largest absolute Gasteiger partial charge is 0.382 e. The Morgan fingerprint density at radius 1 is 1.06 bits per heavy atom. The van der Waals surface area contributed by atoms with E-state index < -0.39 is 0 Å². The smallest absolute Gasteiger partial charge is 0.0701 e. The van der Waals surface area contributed by atoms with Crippen LogP contribution in [0, 0.1) is 5.41 Å². The molecule has 0 atom stereocenters. The molecule has 1 aliphatic rings. The fourth-order valence-electron chi connectivity index (χ4n) is 1.55. The molecular weight excluding hydrogens is 222 g/mol. The first-order valence-corrected chi connectivity index (χ1v) is 6.20. The van der Waals surface area contributed by atoms with Gasteiger partial charge in [0.25, 0.3) is 0 Å². The molecule has 1 N–H and O–H groups in total. The normalized spacial score (nSPS) is 18.0. The van der Waals surface area contributed by atoms with Crippen LogP contribution in [0.25, 0.3) is 0 Å². The van der Waals surface area contributed by atoms with Crippen molar-refractivity contribution in [2.45, 2.75) is 6.92 Å². The molecule has 0 aromatic carbocycles. The predicted molar refractivity (Wildman–Crippen MR) is 65.3 cm³/mol. The summed E-state index contributed by atoms with van der Waals surface area (Å²) in [6.45, 7) is 9.13. The summed E-state index contributed by atoms with van der Waals surface area (Å²) < 4.78 is 20.7. The van der Waals surface area contributed by atoms with Crippen molar-refractivity contribution in [2.24, 2.45) is 5.41 Å². The number of rotatable bonds is 11. The molecule has 0 bridgehead atoms. The lowest BCUT2D eigenvalue weighted by Gasteiger charge is -2.38. The molecule has 102 valence electrons. The third-order valence-electron chi connectivity index (χ3n) is 2.68. The van der Waals surface area contributed by atoms with Gasteiger partial charge in [0.05, 0.1) is 46.2 Å². The minimum atomic E-state index is 0.337. The Bertz CT molecular complexity index is 185. The van der Waals surface area contributed by atoms with Gasteiger partial charge in [-0.2, -0.15) is 0 Å². The van der Waals surface area contributed by atoms with Crippen molar-refractivity contribution in [1.29, 1.82) is 0 Å². The van der Waals surface area contributed by atoms with E-state index in [1.165, 1.54) is 0 Å². The molecule has 0 spiro atoms. The summed E-state index contributed by atoms with van der Waals surface area (Å²) in [5.74, 6) is 0. The van der Waals surface area contributed by atoms with Crippen molar-refractivity contribution in [1.82, 2.24) is 5.32 Å². The zero-order valence-electron chi connectivity index (χ0n) is 11.0. The van der Waals surface area contributed by atoms with Gasteiger partial charge in [-0.25, -0.2) is 0 Å². The van der Waals surface area contributed by atoms with Crippen LogP contribution in [0.4, 0.5) is 0 Å². The summed E-state index contributed by atoms with van der Waals surface area (Å²) in [7, 11) is 1.67. The van der Waals surface area contributed by atoms with Gasteiger partial charge >= 0.3 is 0 Å². The number of methoxy groups -OCH3 is 1. The van der Waals surface area contributed by atoms with Crippen molar-refractivity contribution < 1.29 is 18.9 Å². The zero-order chi connectivity index (χ0) is 12.4. The van der Waals surface area contributed by atoms with E-state index in [9.17, 15) is 0 Å². The molecule has 0 aliphatic carbocycles. The molecule has 1 saturated heterocycles. The minimum Gasteiger partial charge on any atom is -0.382 e. The quantitative estimate of drug-likeness (QED) is 0.532. The predicted octanol–water partition coefficient (Wildman–Crippen LogP) is 0.292. The van der Waals surface area contributed by atoms with Crippen molar-refractivity contribution in [3.8, 4) is 0 Å². The number of hydrogen-bond donors (Lipinski definition) is 1. The highest BCUT2D eigenvalue weighted by Crippen LogP contribution is 2.24. The molecule has 17 heavy (non-hydrogen) atoms. The van der Waals surface area contributed by atoms with E-state index in [1.807, 2.05) is 0 Å². The SMILES string of the molecule is COCCOCCOCCNCC1(C)COC1. The van der Waals surface area contributed by atoms with Crippen molar-refractivity contribution >= 4 is 0 Å². The van der Waals surface area contributed by atoms with Gasteiger partial charge < -0.3 is 24.3 Å². The molecule has 1 fully saturated rings. The lowest BCUT2D eigenvalue weighted by Crippen LogP contribution is -2.47. The van der Waals surface area contributed by atoms with Crippen LogP contribution in [0.5, 0.6) is 0 Å². The zero-order valence-corrected chi connectivity index (χ0v) is 11.0. The first-order valence-electron chi connectivity index (χ1n) is 6.20. The Labute approximate surface area is 104 Å². The fourth-order valence-corrected chi connectivity index (χ4v) is 1.55. The third-order valence-corrected chi connectivity index (χ3v) is 2.68. The van der Waals surface area contributed by atoms with Gasteiger partial charge in [-0.15, -0.1) is 0 Å². The average molecular weight is 247 g/mol. The first kappa shape index (κ1) is 14.9. The molecule has 1 heterocycles. The van der Waals surface area contributed by atoms with E-state index in [4.69, 9.17) is 18.9 Å². The van der Waals surface area contributed by atoms with Crippen LogP contribution >= 0.6 is 0 Å². The van der Waals surface area contributed by atoms with E-state index in [-0.39, 0.29) is 0 Å². The monoisotopic (exact) mass is 247 g/mol. The van der Waals surface area contributed by atoms with Gasteiger partial charge in [0.15, 0.2) is 0 Å². The standard InChI is InChI=1S/C12H25NO4/c1-12(10-17-11-12)9-13-3-4-15-7-8-16-6-5-14-2/h13H,3-11H2,1-2H3. The molecular formula is C12H25NO4. The maximum atomic E-state index is 5.42. The van der Waals surface area contributed by atoms with Crippen LogP contribution in [0.2, 0.25) is 0 Å². The summed E-state index contributed by atoms with van der Waals surface area (Å²) in [4.78, 5) is 0. The molecule has 5 heteroatoms. The van der Waals surface area contributed by atoms with Crippen molar-refractivity contribution in [3.05, 3.63) is 0 Å². The second-order valence-corrected chi connectivity index (χ2v) is 4.70. The van der Waals surface area contributed by atoms with Gasteiger partial charge in [-0.1, -0.05) is 6.92 Å². The summed E-state index contributed by atoms with van der Waals surface area (Å²) >= 11 is 0. The van der Waals surface area contributed by atoms with Gasteiger partial charge in [0.2, 0.25) is 0 Å². The van der Waals surface area contributed by atoms with Crippen molar-refractivity contribution in [3.63, 3.8) is 0 Å². The molecule has 5 nitrogen and oxygen atoms in total. The van der Waals surface area contributed by atoms with E-state index in [2.05, 4.69) is 12.2 Å². The Balaban J connectivity index is 1.72. The Morgan fingerprint density at radius 3 is 2.29 bits per heavy atom. The maximum Gasteiger partial charge on any atom is 0.0701 e. The molecule has 0 amide bonds. The number of nitrogens with one attached hydrogen (secondary N) is 1. The summed E-state index contributed by atoms with van der Waals surface area (Å²) in [5, 5.41) is 3.37. The molecule has 0 aromatic heterocycles. The molecule has 0 unspecified atom stereocenters. The second-order valence-electron chi connectivity index (χ2n) is 4.70. The summed E-state index contributed by atoms with van der Waals surface area (Å²) in [6.07, 6.45) is 0. The summed E-state index contributed by atoms with van der Waals surface area (Å²) in [5.41, 5.74) is 0.337. The van der Waals surface area contributed by atoms with E-state index in [0.717, 1.165) is 32.9 Å². The molecule has 0 radical (unpaired) electrons. The minimum absolute atomic E-state index is 0.337. The van der Waals surface area contributed by atoms with E-state index in [0.29, 0.717) is 31.8 Å². The molecule has 0 saturated carbocycles. The van der Waals surface area contributed by atoms with Crippen LogP contribution < -0.4 is 5.32 Å². The first-order chi connectivity index (χ1) is 8.27. The number of hydrogen-bond acceptors (Lipinski definition) is 5. The van der Waals surface area contributed by atoms with E-state index >= 15 is 0 Å².